The predicted molar refractivity (Wildman–Crippen MR) is 98.1 cm³/mol. The van der Waals surface area contributed by atoms with Crippen LogP contribution in [0.5, 0.6) is 0 Å². The fourth-order valence-corrected chi connectivity index (χ4v) is 3.58. The summed E-state index contributed by atoms with van der Waals surface area (Å²) < 4.78 is 5.55. The Morgan fingerprint density at radius 3 is 2.62 bits per heavy atom. The number of amides is 1. The van der Waals surface area contributed by atoms with Crippen LogP contribution in [0.25, 0.3) is 11.6 Å². The lowest BCUT2D eigenvalue weighted by molar-refractivity contribution is -0.133. The van der Waals surface area contributed by atoms with Crippen molar-refractivity contribution in [2.75, 3.05) is 18.4 Å². The van der Waals surface area contributed by atoms with Crippen LogP contribution < -0.4 is 5.32 Å². The molecule has 2 aliphatic rings. The first-order valence-corrected chi connectivity index (χ1v) is 9.43. The molecule has 138 valence electrons. The van der Waals surface area contributed by atoms with Crippen molar-refractivity contribution in [1.29, 1.82) is 0 Å². The molecule has 1 saturated heterocycles. The average Bonchev–Trinajstić information content (AvgIpc) is 3.22. The first-order chi connectivity index (χ1) is 12.5. The second-order valence-corrected chi connectivity index (χ2v) is 7.84. The molecule has 9 heteroatoms. The molecule has 3 heterocycles. The Morgan fingerprint density at radius 2 is 1.96 bits per heavy atom. The van der Waals surface area contributed by atoms with Gasteiger partial charge in [-0.1, -0.05) is 28.3 Å². The van der Waals surface area contributed by atoms with Gasteiger partial charge in [-0.25, -0.2) is 4.98 Å². The maximum atomic E-state index is 12.6. The highest BCUT2D eigenvalue weighted by Gasteiger charge is 2.45. The summed E-state index contributed by atoms with van der Waals surface area (Å²) in [6, 6.07) is 2.97. The summed E-state index contributed by atoms with van der Waals surface area (Å²) in [7, 11) is 0. The van der Waals surface area contributed by atoms with Gasteiger partial charge >= 0.3 is 6.01 Å². The van der Waals surface area contributed by atoms with Crippen LogP contribution in [0.3, 0.4) is 0 Å². The quantitative estimate of drug-likeness (QED) is 0.795. The van der Waals surface area contributed by atoms with Crippen LogP contribution in [0, 0.1) is 5.41 Å². The van der Waals surface area contributed by atoms with E-state index in [1.165, 1.54) is 12.8 Å². The number of carbonyl (C=O) groups is 1. The Hall–Kier alpha value is -1.86. The topological polar surface area (TPSA) is 84.1 Å². The predicted octanol–water partition coefficient (Wildman–Crippen LogP) is 3.64. The Balaban J connectivity index is 1.38. The zero-order chi connectivity index (χ0) is 18.3. The molecule has 0 radical (unpaired) electrons. The number of rotatable bonds is 4. The summed E-state index contributed by atoms with van der Waals surface area (Å²) in [6.07, 6.45) is 4.85. The molecule has 1 atom stereocenters. The largest absolute Gasteiger partial charge is 0.402 e. The fourth-order valence-electron chi connectivity index (χ4n) is 3.32. The van der Waals surface area contributed by atoms with Gasteiger partial charge in [-0.3, -0.25) is 4.79 Å². The van der Waals surface area contributed by atoms with Gasteiger partial charge < -0.3 is 14.6 Å². The molecule has 2 aromatic heterocycles. The Bertz CT molecular complexity index is 826. The molecule has 2 fully saturated rings. The first kappa shape index (κ1) is 17.5. The first-order valence-electron chi connectivity index (χ1n) is 8.67. The van der Waals surface area contributed by atoms with Gasteiger partial charge in [0.1, 0.15) is 16.9 Å². The van der Waals surface area contributed by atoms with Gasteiger partial charge in [0.2, 0.25) is 5.91 Å². The van der Waals surface area contributed by atoms with E-state index in [0.717, 1.165) is 25.9 Å². The smallest absolute Gasteiger partial charge is 0.316 e. The molecular weight excluding hydrogens is 377 g/mol. The summed E-state index contributed by atoms with van der Waals surface area (Å²) in [4.78, 5) is 18.6. The van der Waals surface area contributed by atoms with Crippen LogP contribution in [0.4, 0.5) is 6.01 Å². The molecule has 26 heavy (non-hydrogen) atoms. The molecule has 0 aromatic carbocycles. The van der Waals surface area contributed by atoms with Gasteiger partial charge in [-0.15, -0.1) is 5.10 Å². The van der Waals surface area contributed by atoms with Crippen molar-refractivity contribution in [3.63, 3.8) is 0 Å². The van der Waals surface area contributed by atoms with Gasteiger partial charge in [-0.05, 0) is 50.2 Å². The summed E-state index contributed by atoms with van der Waals surface area (Å²) in [5.74, 6) is 0.257. The summed E-state index contributed by atoms with van der Waals surface area (Å²) in [5.41, 5.74) is 0.964. The molecule has 1 N–H and O–H groups in total. The summed E-state index contributed by atoms with van der Waals surface area (Å²) >= 11 is 11.8. The van der Waals surface area contributed by atoms with E-state index in [-0.39, 0.29) is 23.0 Å². The lowest BCUT2D eigenvalue weighted by Gasteiger charge is -2.33. The van der Waals surface area contributed by atoms with Crippen LogP contribution in [-0.2, 0) is 4.79 Å². The standard InChI is InChI=1S/C17H19Cl2N5O2/c1-10(15(25)24-8-6-17(4-5-17)7-9-24)20-16-23-22-14(26-16)12-3-2-11(18)13(19)21-12/h2-3,10H,4-9H2,1H3,(H,20,23)/t10-/m1/s1. The van der Waals surface area contributed by atoms with E-state index in [4.69, 9.17) is 27.6 Å². The minimum Gasteiger partial charge on any atom is -0.402 e. The Morgan fingerprint density at radius 1 is 1.23 bits per heavy atom. The van der Waals surface area contributed by atoms with Gasteiger partial charge in [0.15, 0.2) is 0 Å². The van der Waals surface area contributed by atoms with Crippen molar-refractivity contribution in [1.82, 2.24) is 20.1 Å². The summed E-state index contributed by atoms with van der Waals surface area (Å²) in [5, 5.41) is 11.4. The fraction of sp³-hybridized carbons (Fsp3) is 0.529. The number of aromatic nitrogens is 3. The number of carbonyl (C=O) groups excluding carboxylic acids is 1. The lowest BCUT2D eigenvalue weighted by Crippen LogP contribution is -2.45. The molecule has 1 saturated carbocycles. The maximum Gasteiger partial charge on any atom is 0.316 e. The highest BCUT2D eigenvalue weighted by atomic mass is 35.5. The molecule has 1 spiro atoms. The SMILES string of the molecule is C[C@@H](Nc1nnc(-c2ccc(Cl)c(Cl)n2)o1)C(=O)N1CCC2(CC1)CC2. The Kier molecular flexibility index (Phi) is 4.52. The molecule has 1 amide bonds. The zero-order valence-corrected chi connectivity index (χ0v) is 15.8. The molecule has 0 bridgehead atoms. The molecule has 0 unspecified atom stereocenters. The van der Waals surface area contributed by atoms with Crippen LogP contribution >= 0.6 is 23.2 Å². The Labute approximate surface area is 161 Å². The minimum absolute atomic E-state index is 0.0490. The highest BCUT2D eigenvalue weighted by molar-refractivity contribution is 6.41. The van der Waals surface area contributed by atoms with Gasteiger partial charge in [0.25, 0.3) is 5.89 Å². The number of nitrogens with one attached hydrogen (secondary N) is 1. The van der Waals surface area contributed by atoms with Gasteiger partial charge in [0, 0.05) is 13.1 Å². The summed E-state index contributed by atoms with van der Waals surface area (Å²) in [6.45, 7) is 3.45. The number of anilines is 1. The van der Waals surface area contributed by atoms with E-state index in [0.29, 0.717) is 16.1 Å². The number of hydrogen-bond donors (Lipinski definition) is 1. The molecule has 2 aromatic rings. The van der Waals surface area contributed by atoms with Crippen LogP contribution in [-0.4, -0.2) is 45.1 Å². The van der Waals surface area contributed by atoms with Crippen molar-refractivity contribution < 1.29 is 9.21 Å². The molecular formula is C17H19Cl2N5O2. The zero-order valence-electron chi connectivity index (χ0n) is 14.3. The maximum absolute atomic E-state index is 12.6. The van der Waals surface area contributed by atoms with Crippen molar-refractivity contribution in [3.8, 4) is 11.6 Å². The number of hydrogen-bond acceptors (Lipinski definition) is 6. The van der Waals surface area contributed by atoms with E-state index < -0.39 is 6.04 Å². The van der Waals surface area contributed by atoms with Crippen LogP contribution in [0.2, 0.25) is 10.2 Å². The average molecular weight is 396 g/mol. The van der Waals surface area contributed by atoms with Gasteiger partial charge in [0.05, 0.1) is 5.02 Å². The van der Waals surface area contributed by atoms with Crippen molar-refractivity contribution >= 4 is 35.1 Å². The third-order valence-electron chi connectivity index (χ3n) is 5.25. The number of piperidine rings is 1. The highest BCUT2D eigenvalue weighted by Crippen LogP contribution is 2.53. The van der Waals surface area contributed by atoms with Crippen LogP contribution in [0.1, 0.15) is 32.6 Å². The third-order valence-corrected chi connectivity index (χ3v) is 5.94. The molecule has 1 aliphatic carbocycles. The van der Waals surface area contributed by atoms with Gasteiger partial charge in [-0.2, -0.15) is 0 Å². The molecule has 4 rings (SSSR count). The van der Waals surface area contributed by atoms with E-state index in [2.05, 4.69) is 20.5 Å². The van der Waals surface area contributed by atoms with Crippen molar-refractivity contribution in [2.24, 2.45) is 5.41 Å². The number of likely N-dealkylation sites (tertiary alicyclic amines) is 1. The lowest BCUT2D eigenvalue weighted by atomic mass is 9.93. The van der Waals surface area contributed by atoms with Crippen LogP contribution in [0.15, 0.2) is 16.5 Å². The normalized spacial score (nSPS) is 19.4. The van der Waals surface area contributed by atoms with E-state index in [1.807, 2.05) is 4.90 Å². The monoisotopic (exact) mass is 395 g/mol. The number of halogens is 2. The minimum atomic E-state index is -0.446. The van der Waals surface area contributed by atoms with Crippen molar-refractivity contribution in [2.45, 2.75) is 38.6 Å². The van der Waals surface area contributed by atoms with E-state index in [1.54, 1.807) is 19.1 Å². The number of pyridine rings is 1. The second kappa shape index (κ2) is 6.70. The molecule has 7 nitrogen and oxygen atoms in total. The number of nitrogens with zero attached hydrogens (tertiary/aromatic N) is 4. The van der Waals surface area contributed by atoms with E-state index in [9.17, 15) is 4.79 Å². The van der Waals surface area contributed by atoms with E-state index >= 15 is 0 Å². The molecule has 1 aliphatic heterocycles. The third kappa shape index (κ3) is 3.50. The van der Waals surface area contributed by atoms with Crippen molar-refractivity contribution in [3.05, 3.63) is 22.3 Å². The second-order valence-electron chi connectivity index (χ2n) is 7.07.